The fraction of sp³-hybridized carbons (Fsp3) is 0.500. The number of nitrogens with zero attached hydrogens (tertiary/aromatic N) is 1. The number of hydrogen-bond donors (Lipinski definition) is 1. The molecule has 1 N–H and O–H groups in total. The first-order valence-corrected chi connectivity index (χ1v) is 13.8. The monoisotopic (exact) mass is 456 g/mol. The van der Waals surface area contributed by atoms with Crippen LogP contribution in [-0.2, 0) is 25.3 Å². The highest BCUT2D eigenvalue weighted by Crippen LogP contribution is 2.49. The Morgan fingerprint density at radius 2 is 1.91 bits per heavy atom. The number of carbonyl (C=O) groups excluding carboxylic acids is 1. The molecule has 0 radical (unpaired) electrons. The van der Waals surface area contributed by atoms with Gasteiger partial charge in [0.15, 0.2) is 14.4 Å². The van der Waals surface area contributed by atoms with E-state index >= 15 is 0 Å². The number of allylic oxidation sites excluding steroid dienone is 1. The Morgan fingerprint density at radius 1 is 1.19 bits per heavy atom. The van der Waals surface area contributed by atoms with E-state index in [1.165, 1.54) is 0 Å². The third-order valence-electron chi connectivity index (χ3n) is 7.00. The molecule has 1 aromatic rings. The van der Waals surface area contributed by atoms with Crippen molar-refractivity contribution < 1.29 is 23.5 Å². The second-order valence-corrected chi connectivity index (χ2v) is 14.8. The zero-order valence-corrected chi connectivity index (χ0v) is 20.5. The van der Waals surface area contributed by atoms with E-state index in [2.05, 4.69) is 44.3 Å². The van der Waals surface area contributed by atoms with E-state index in [1.807, 2.05) is 54.6 Å². The quantitative estimate of drug-likeness (QED) is 0.387. The fourth-order valence-corrected chi connectivity index (χ4v) is 5.50. The third kappa shape index (κ3) is 3.80. The summed E-state index contributed by atoms with van der Waals surface area (Å²) in [6, 6.07) is 9.58. The molecular formula is C24H32N2O5Si. The van der Waals surface area contributed by atoms with Gasteiger partial charge in [-0.25, -0.2) is 4.79 Å². The van der Waals surface area contributed by atoms with Gasteiger partial charge in [-0.3, -0.25) is 0 Å². The zero-order valence-electron chi connectivity index (χ0n) is 19.5. The maximum Gasteiger partial charge on any atom is 0.408 e. The molecule has 1 amide bonds. The molecule has 1 heterocycles. The lowest BCUT2D eigenvalue weighted by molar-refractivity contribution is -0.221. The van der Waals surface area contributed by atoms with Gasteiger partial charge in [0.1, 0.15) is 6.61 Å². The van der Waals surface area contributed by atoms with E-state index in [-0.39, 0.29) is 17.6 Å². The summed E-state index contributed by atoms with van der Waals surface area (Å²) >= 11 is 0. The summed E-state index contributed by atoms with van der Waals surface area (Å²) in [5, 5.41) is 7.28. The predicted molar refractivity (Wildman–Crippen MR) is 125 cm³/mol. The van der Waals surface area contributed by atoms with Crippen molar-refractivity contribution in [3.05, 3.63) is 60.2 Å². The molecule has 8 heteroatoms. The van der Waals surface area contributed by atoms with Gasteiger partial charge < -0.3 is 24.1 Å². The minimum atomic E-state index is -2.22. The van der Waals surface area contributed by atoms with Crippen LogP contribution >= 0.6 is 0 Å². The van der Waals surface area contributed by atoms with Crippen molar-refractivity contribution >= 4 is 20.1 Å². The molecule has 0 saturated heterocycles. The average Bonchev–Trinajstić information content (AvgIpc) is 3.33. The van der Waals surface area contributed by atoms with Gasteiger partial charge in [0, 0.05) is 7.11 Å². The number of hydrogen-bond acceptors (Lipinski definition) is 6. The first-order valence-electron chi connectivity index (χ1n) is 10.9. The molecular weight excluding hydrogens is 424 g/mol. The van der Waals surface area contributed by atoms with Crippen LogP contribution in [0.15, 0.2) is 59.8 Å². The molecule has 1 aromatic carbocycles. The Hall–Kier alpha value is -2.42. The molecule has 0 bridgehead atoms. The average molecular weight is 457 g/mol. The van der Waals surface area contributed by atoms with Gasteiger partial charge in [0.05, 0.1) is 17.2 Å². The van der Waals surface area contributed by atoms with Crippen LogP contribution in [0.3, 0.4) is 0 Å². The molecule has 0 aromatic heterocycles. The van der Waals surface area contributed by atoms with Crippen molar-refractivity contribution in [2.24, 2.45) is 11.1 Å². The van der Waals surface area contributed by atoms with Gasteiger partial charge in [-0.15, -0.1) is 0 Å². The summed E-state index contributed by atoms with van der Waals surface area (Å²) in [5.74, 6) is -1.37. The lowest BCUT2D eigenvalue weighted by Crippen LogP contribution is -2.65. The number of methoxy groups -OCH3 is 1. The lowest BCUT2D eigenvalue weighted by Gasteiger charge is -2.49. The van der Waals surface area contributed by atoms with E-state index in [9.17, 15) is 4.79 Å². The normalized spacial score (nSPS) is 30.5. The van der Waals surface area contributed by atoms with Crippen LogP contribution in [0.5, 0.6) is 0 Å². The van der Waals surface area contributed by atoms with Gasteiger partial charge in [0.2, 0.25) is 5.79 Å². The number of amides is 1. The van der Waals surface area contributed by atoms with Crippen LogP contribution in [-0.4, -0.2) is 44.7 Å². The summed E-state index contributed by atoms with van der Waals surface area (Å²) in [4.78, 5) is 18.6. The fourth-order valence-electron chi connectivity index (χ4n) is 4.13. The zero-order chi connectivity index (χ0) is 23.2. The summed E-state index contributed by atoms with van der Waals surface area (Å²) in [6.45, 7) is 11.1. The van der Waals surface area contributed by atoms with Gasteiger partial charge in [-0.1, -0.05) is 68.4 Å². The largest absolute Gasteiger partial charge is 0.445 e. The van der Waals surface area contributed by atoms with Crippen molar-refractivity contribution in [3.8, 4) is 0 Å². The van der Waals surface area contributed by atoms with Crippen molar-refractivity contribution in [2.45, 2.75) is 62.9 Å². The Morgan fingerprint density at radius 3 is 2.56 bits per heavy atom. The topological polar surface area (TPSA) is 78.4 Å². The molecule has 1 aliphatic heterocycles. The van der Waals surface area contributed by atoms with Crippen LogP contribution in [0.1, 0.15) is 26.3 Å². The Kier molecular flexibility index (Phi) is 5.59. The van der Waals surface area contributed by atoms with Crippen molar-refractivity contribution in [3.63, 3.8) is 0 Å². The van der Waals surface area contributed by atoms with Crippen LogP contribution in [0.2, 0.25) is 18.1 Å². The Bertz CT molecular complexity index is 968. The van der Waals surface area contributed by atoms with E-state index in [0.717, 1.165) is 11.3 Å². The summed E-state index contributed by atoms with van der Waals surface area (Å²) in [5.41, 5.74) is 0.863. The van der Waals surface area contributed by atoms with E-state index < -0.39 is 31.8 Å². The molecule has 4 atom stereocenters. The first kappa shape index (κ1) is 22.8. The standard InChI is InChI=1S/C24H32N2O5Si/c1-22(2,3)32(5,6)31-24(28-4)15-14-23(13-12-18-19(23)20(24)30-26-18)25-21(27)29-16-17-10-8-7-9-11-17/h7-15,19-20H,16H2,1-6H3,(H,25,27)/t19-,20+,23-,24-/m0/s1. The number of oxime groups is 1. The number of ether oxygens (including phenoxy) is 2. The van der Waals surface area contributed by atoms with Crippen LogP contribution in [0.4, 0.5) is 4.79 Å². The van der Waals surface area contributed by atoms with E-state index in [4.69, 9.17) is 18.7 Å². The highest BCUT2D eigenvalue weighted by molar-refractivity contribution is 6.74. The summed E-state index contributed by atoms with van der Waals surface area (Å²) in [6.07, 6.45) is 6.54. The maximum absolute atomic E-state index is 12.7. The highest BCUT2D eigenvalue weighted by atomic mass is 28.4. The second-order valence-electron chi connectivity index (χ2n) is 10.1. The minimum Gasteiger partial charge on any atom is -0.445 e. The van der Waals surface area contributed by atoms with Crippen molar-refractivity contribution in [1.29, 1.82) is 0 Å². The molecule has 32 heavy (non-hydrogen) atoms. The first-order chi connectivity index (χ1) is 15.0. The molecule has 0 spiro atoms. The number of alkyl carbamates (subject to hydrolysis) is 1. The Labute approximate surface area is 190 Å². The molecule has 172 valence electrons. The minimum absolute atomic E-state index is 0.0172. The molecule has 7 nitrogen and oxygen atoms in total. The van der Waals surface area contributed by atoms with Crippen LogP contribution in [0, 0.1) is 5.92 Å². The van der Waals surface area contributed by atoms with E-state index in [1.54, 1.807) is 7.11 Å². The summed E-state index contributed by atoms with van der Waals surface area (Å²) < 4.78 is 18.2. The lowest BCUT2D eigenvalue weighted by atomic mass is 9.74. The molecule has 4 rings (SSSR count). The highest BCUT2D eigenvalue weighted by Gasteiger charge is 2.63. The van der Waals surface area contributed by atoms with Gasteiger partial charge >= 0.3 is 6.09 Å². The SMILES string of the molecule is CO[C@]1(O[Si](C)(C)C(C)(C)C)C=C[C@@]2(NC(=O)OCc3ccccc3)C=CC3=NO[C@@H]1[C@H]32. The number of nitrogens with one attached hydrogen (secondary N) is 1. The third-order valence-corrected chi connectivity index (χ3v) is 11.4. The maximum atomic E-state index is 12.7. The second kappa shape index (κ2) is 7.86. The van der Waals surface area contributed by atoms with Crippen molar-refractivity contribution in [1.82, 2.24) is 5.32 Å². The number of rotatable bonds is 6. The Balaban J connectivity index is 1.57. The van der Waals surface area contributed by atoms with E-state index in [0.29, 0.717) is 0 Å². The molecule has 2 aliphatic carbocycles. The molecule has 0 fully saturated rings. The number of benzene rings is 1. The number of carbonyl (C=O) groups is 1. The molecule has 0 saturated carbocycles. The molecule has 0 unspecified atom stereocenters. The van der Waals surface area contributed by atoms with Crippen molar-refractivity contribution in [2.75, 3.05) is 7.11 Å². The van der Waals surface area contributed by atoms with Crippen LogP contribution in [0.25, 0.3) is 0 Å². The summed E-state index contributed by atoms with van der Waals surface area (Å²) in [7, 11) is -0.594. The van der Waals surface area contributed by atoms with Crippen LogP contribution < -0.4 is 5.32 Å². The van der Waals surface area contributed by atoms with Gasteiger partial charge in [0.25, 0.3) is 0 Å². The van der Waals surface area contributed by atoms with Gasteiger partial charge in [-0.2, -0.15) is 0 Å². The molecule has 3 aliphatic rings. The predicted octanol–water partition coefficient (Wildman–Crippen LogP) is 4.53. The smallest absolute Gasteiger partial charge is 0.408 e. The van der Waals surface area contributed by atoms with Gasteiger partial charge in [-0.05, 0) is 35.8 Å².